The summed E-state index contributed by atoms with van der Waals surface area (Å²) in [6, 6.07) is 4.28. The predicted molar refractivity (Wildman–Crippen MR) is 116 cm³/mol. The number of piperazine rings is 1. The quantitative estimate of drug-likeness (QED) is 0.346. The number of fused-ring (bicyclic) bond motifs is 5. The lowest BCUT2D eigenvalue weighted by atomic mass is 10.0. The second-order valence-electron chi connectivity index (χ2n) is 8.49. The molecule has 2 aromatic carbocycles. The second-order valence-corrected chi connectivity index (χ2v) is 8.89. The molecule has 4 amide bonds. The normalized spacial score (nSPS) is 22.8. The summed E-state index contributed by atoms with van der Waals surface area (Å²) in [4.78, 5) is 53.2. The van der Waals surface area contributed by atoms with Crippen molar-refractivity contribution >= 4 is 40.8 Å². The first-order valence-electron chi connectivity index (χ1n) is 10.5. The van der Waals surface area contributed by atoms with E-state index in [-0.39, 0.29) is 29.2 Å². The molecule has 0 radical (unpaired) electrons. The molecule has 0 aromatic heterocycles. The van der Waals surface area contributed by atoms with Gasteiger partial charge in [-0.05, 0) is 36.8 Å². The van der Waals surface area contributed by atoms with Crippen LogP contribution in [0.2, 0.25) is 5.02 Å². The van der Waals surface area contributed by atoms with Crippen LogP contribution in [-0.2, 0) is 11.0 Å². The number of rotatable bonds is 3. The Labute approximate surface area is 205 Å². The van der Waals surface area contributed by atoms with Crippen molar-refractivity contribution in [3.63, 3.8) is 0 Å². The van der Waals surface area contributed by atoms with Crippen molar-refractivity contribution in [3.05, 3.63) is 68.2 Å². The van der Waals surface area contributed by atoms with E-state index in [0.29, 0.717) is 11.0 Å². The van der Waals surface area contributed by atoms with Gasteiger partial charge >= 0.3 is 12.2 Å². The highest BCUT2D eigenvalue weighted by molar-refractivity contribution is 6.32. The first kappa shape index (κ1) is 23.6. The zero-order valence-corrected chi connectivity index (χ0v) is 18.7. The summed E-state index contributed by atoms with van der Waals surface area (Å²) < 4.78 is 40.3. The van der Waals surface area contributed by atoms with Crippen LogP contribution in [0.25, 0.3) is 0 Å². The number of nitro benzene ring substituents is 1. The number of likely N-dealkylation sites (tertiary alicyclic amines) is 1. The number of hydrogen-bond acceptors (Lipinski definition) is 6. The number of nitro groups is 1. The Morgan fingerprint density at radius 3 is 2.56 bits per heavy atom. The minimum absolute atomic E-state index is 0.0271. The molecule has 3 aliphatic heterocycles. The fraction of sp³-hybridized carbons (Fsp3) is 0.273. The van der Waals surface area contributed by atoms with Crippen LogP contribution in [0.15, 0.2) is 36.4 Å². The fourth-order valence-electron chi connectivity index (χ4n) is 5.08. The number of hydrogen-bond donors (Lipinski definition) is 0. The highest BCUT2D eigenvalue weighted by Crippen LogP contribution is 2.44. The molecule has 0 N–H and O–H groups in total. The Morgan fingerprint density at radius 2 is 1.92 bits per heavy atom. The molecular weight excluding hydrogens is 507 g/mol. The van der Waals surface area contributed by atoms with Crippen molar-refractivity contribution < 1.29 is 32.5 Å². The Hall–Kier alpha value is -4.18. The molecule has 2 bridgehead atoms. The number of carbonyl (C=O) groups excluding carboxylic acids is 3. The number of imide groups is 1. The van der Waals surface area contributed by atoms with Gasteiger partial charge in [0.15, 0.2) is 0 Å². The Kier molecular flexibility index (Phi) is 5.18. The van der Waals surface area contributed by atoms with E-state index in [0.717, 1.165) is 18.2 Å². The molecule has 3 fully saturated rings. The van der Waals surface area contributed by atoms with Crippen LogP contribution >= 0.6 is 11.6 Å². The molecule has 184 valence electrons. The van der Waals surface area contributed by atoms with Crippen LogP contribution in [0, 0.1) is 21.4 Å². The number of anilines is 1. The first-order valence-corrected chi connectivity index (χ1v) is 10.8. The lowest BCUT2D eigenvalue weighted by molar-refractivity contribution is -0.384. The average Bonchev–Trinajstić information content (AvgIpc) is 3.49. The van der Waals surface area contributed by atoms with Gasteiger partial charge in [0, 0.05) is 18.2 Å². The molecule has 3 heterocycles. The SMILES string of the molecule is N#Cc1ccc(N2C(=O)[C@H]3[C@@H]4C[C@@H](CN4C(=O)c4ccc(Cl)c([N+](=O)[O-])c4)N3C2=O)cc1C(F)(F)F. The maximum Gasteiger partial charge on any atom is 0.417 e. The molecule has 3 aliphatic rings. The maximum atomic E-state index is 13.4. The Morgan fingerprint density at radius 1 is 1.19 bits per heavy atom. The highest BCUT2D eigenvalue weighted by atomic mass is 35.5. The minimum atomic E-state index is -4.88. The summed E-state index contributed by atoms with van der Waals surface area (Å²) in [6.45, 7) is 0.0461. The number of halogens is 4. The maximum absolute atomic E-state index is 13.4. The van der Waals surface area contributed by atoms with Gasteiger partial charge in [0.25, 0.3) is 17.5 Å². The molecule has 14 heteroatoms. The summed E-state index contributed by atoms with van der Waals surface area (Å²) in [5, 5.41) is 20.0. The van der Waals surface area contributed by atoms with Gasteiger partial charge in [0.05, 0.1) is 39.9 Å². The van der Waals surface area contributed by atoms with Crippen molar-refractivity contribution in [1.29, 1.82) is 5.26 Å². The zero-order valence-electron chi connectivity index (χ0n) is 17.9. The molecular formula is C22H13ClF3N5O5. The van der Waals surface area contributed by atoms with Gasteiger partial charge in [-0.2, -0.15) is 18.4 Å². The predicted octanol–water partition coefficient (Wildman–Crippen LogP) is 3.57. The van der Waals surface area contributed by atoms with Gasteiger partial charge in [-0.1, -0.05) is 11.6 Å². The van der Waals surface area contributed by atoms with Crippen molar-refractivity contribution in [2.45, 2.75) is 30.7 Å². The molecule has 0 spiro atoms. The number of carbonyl (C=O) groups is 3. The number of urea groups is 1. The van der Waals surface area contributed by atoms with Gasteiger partial charge in [-0.3, -0.25) is 19.7 Å². The molecule has 3 atom stereocenters. The zero-order chi connectivity index (χ0) is 26.1. The number of nitrogens with zero attached hydrogens (tertiary/aromatic N) is 5. The third-order valence-electron chi connectivity index (χ3n) is 6.60. The summed E-state index contributed by atoms with van der Waals surface area (Å²) >= 11 is 5.81. The first-order chi connectivity index (χ1) is 16.9. The number of benzene rings is 2. The van der Waals surface area contributed by atoms with E-state index < -0.39 is 63.9 Å². The third kappa shape index (κ3) is 3.36. The topological polar surface area (TPSA) is 128 Å². The molecule has 5 rings (SSSR count). The van der Waals surface area contributed by atoms with Crippen molar-refractivity contribution in [2.24, 2.45) is 0 Å². The molecule has 0 unspecified atom stereocenters. The lowest BCUT2D eigenvalue weighted by Gasteiger charge is -2.34. The summed E-state index contributed by atoms with van der Waals surface area (Å²) in [6.07, 6.45) is -4.61. The van der Waals surface area contributed by atoms with E-state index in [4.69, 9.17) is 16.9 Å². The second kappa shape index (κ2) is 7.92. The fourth-order valence-corrected chi connectivity index (χ4v) is 5.27. The third-order valence-corrected chi connectivity index (χ3v) is 6.92. The monoisotopic (exact) mass is 519 g/mol. The van der Waals surface area contributed by atoms with Crippen LogP contribution in [0.1, 0.15) is 27.9 Å². The van der Waals surface area contributed by atoms with Gasteiger partial charge in [-0.25, -0.2) is 9.69 Å². The van der Waals surface area contributed by atoms with E-state index in [1.165, 1.54) is 28.0 Å². The number of alkyl halides is 3. The molecule has 0 aliphatic carbocycles. The van der Waals surface area contributed by atoms with E-state index in [1.807, 2.05) is 0 Å². The van der Waals surface area contributed by atoms with Crippen LogP contribution in [-0.4, -0.2) is 57.2 Å². The largest absolute Gasteiger partial charge is 0.417 e. The van der Waals surface area contributed by atoms with E-state index in [1.54, 1.807) is 0 Å². The van der Waals surface area contributed by atoms with Gasteiger partial charge in [-0.15, -0.1) is 0 Å². The van der Waals surface area contributed by atoms with Gasteiger partial charge in [0.1, 0.15) is 11.1 Å². The Bertz CT molecular complexity index is 1410. The summed E-state index contributed by atoms with van der Waals surface area (Å²) in [5.41, 5.74) is -2.76. The van der Waals surface area contributed by atoms with Crippen LogP contribution in [0.5, 0.6) is 0 Å². The standard InChI is InChI=1S/C22H13ClF3N5O5/c23-15-4-2-10(5-16(15)31(35)36)19(32)28-9-13-7-17(28)18-20(33)30(21(34)29(13)18)12-3-1-11(8-27)14(6-12)22(24,25)26/h1-6,13,17-18H,7,9H2/t13-,17-,18+/m0/s1. The Balaban J connectivity index is 1.45. The highest BCUT2D eigenvalue weighted by Gasteiger charge is 2.63. The van der Waals surface area contributed by atoms with Crippen LogP contribution in [0.3, 0.4) is 0 Å². The minimum Gasteiger partial charge on any atom is -0.331 e. The van der Waals surface area contributed by atoms with Crippen molar-refractivity contribution in [2.75, 3.05) is 11.4 Å². The van der Waals surface area contributed by atoms with E-state index in [9.17, 15) is 37.7 Å². The van der Waals surface area contributed by atoms with Crippen LogP contribution in [0.4, 0.5) is 29.3 Å². The molecule has 36 heavy (non-hydrogen) atoms. The van der Waals surface area contributed by atoms with Crippen LogP contribution < -0.4 is 4.90 Å². The number of amides is 4. The molecule has 2 aromatic rings. The lowest BCUT2D eigenvalue weighted by Crippen LogP contribution is -2.54. The van der Waals surface area contributed by atoms with Crippen molar-refractivity contribution in [1.82, 2.24) is 9.80 Å². The summed E-state index contributed by atoms with van der Waals surface area (Å²) in [7, 11) is 0. The molecule has 0 saturated carbocycles. The van der Waals surface area contributed by atoms with E-state index in [2.05, 4.69) is 0 Å². The smallest absolute Gasteiger partial charge is 0.331 e. The van der Waals surface area contributed by atoms with E-state index >= 15 is 0 Å². The summed E-state index contributed by atoms with van der Waals surface area (Å²) in [5.74, 6) is -1.40. The average molecular weight is 520 g/mol. The molecule has 10 nitrogen and oxygen atoms in total. The van der Waals surface area contributed by atoms with Gasteiger partial charge in [0.2, 0.25) is 0 Å². The molecule has 3 saturated heterocycles. The van der Waals surface area contributed by atoms with Gasteiger partial charge < -0.3 is 9.80 Å². The number of nitriles is 1. The van der Waals surface area contributed by atoms with Crippen molar-refractivity contribution in [3.8, 4) is 6.07 Å².